The third-order valence-electron chi connectivity index (χ3n) is 3.20. The Morgan fingerprint density at radius 1 is 1.55 bits per heavy atom. The van der Waals surface area contributed by atoms with Gasteiger partial charge in [0.1, 0.15) is 5.75 Å². The van der Waals surface area contributed by atoms with Gasteiger partial charge >= 0.3 is 6.61 Å². The molecule has 1 aromatic carbocycles. The molecule has 110 valence electrons. The van der Waals surface area contributed by atoms with Crippen LogP contribution in [0.1, 0.15) is 12.0 Å². The second kappa shape index (κ2) is 6.65. The lowest BCUT2D eigenvalue weighted by Crippen LogP contribution is -2.32. The first-order chi connectivity index (χ1) is 9.56. The third kappa shape index (κ3) is 3.90. The van der Waals surface area contributed by atoms with Crippen molar-refractivity contribution in [2.24, 2.45) is 5.92 Å². The topological polar surface area (TPSA) is 38.8 Å². The van der Waals surface area contributed by atoms with E-state index < -0.39 is 6.61 Å². The van der Waals surface area contributed by atoms with Crippen LogP contribution in [0.5, 0.6) is 5.75 Å². The number of nitrogens with zero attached hydrogens (tertiary/aromatic N) is 1. The van der Waals surface area contributed by atoms with Crippen LogP contribution in [0.25, 0.3) is 0 Å². The Morgan fingerprint density at radius 2 is 2.35 bits per heavy atom. The molecule has 1 heterocycles. The number of benzene rings is 1. The predicted octanol–water partition coefficient (Wildman–Crippen LogP) is 2.28. The Hall–Kier alpha value is -1.69. The molecule has 0 aromatic heterocycles. The average Bonchev–Trinajstić information content (AvgIpc) is 2.91. The van der Waals surface area contributed by atoms with E-state index in [1.54, 1.807) is 24.1 Å². The molecule has 1 saturated heterocycles. The summed E-state index contributed by atoms with van der Waals surface area (Å²) in [6.45, 7) is -1.42. The zero-order valence-electron chi connectivity index (χ0n) is 11.2. The molecule has 4 nitrogen and oxygen atoms in total. The summed E-state index contributed by atoms with van der Waals surface area (Å²) in [4.78, 5) is 13.7. The van der Waals surface area contributed by atoms with Crippen molar-refractivity contribution in [1.82, 2.24) is 4.90 Å². The molecule has 1 amide bonds. The number of ether oxygens (including phenoxy) is 2. The molecule has 0 bridgehead atoms. The van der Waals surface area contributed by atoms with Crippen molar-refractivity contribution in [2.75, 3.05) is 20.3 Å². The maximum atomic E-state index is 12.1. The highest BCUT2D eigenvalue weighted by molar-refractivity contribution is 5.78. The summed E-state index contributed by atoms with van der Waals surface area (Å²) in [5.74, 6) is 0.0192. The summed E-state index contributed by atoms with van der Waals surface area (Å²) in [5, 5.41) is 0. The van der Waals surface area contributed by atoms with Gasteiger partial charge < -0.3 is 14.4 Å². The van der Waals surface area contributed by atoms with Gasteiger partial charge in [-0.05, 0) is 24.1 Å². The molecular weight excluding hydrogens is 268 g/mol. The SMILES string of the molecule is CN(Cc1cccc(OC(F)F)c1)C(=O)[C@H]1CCOC1. The lowest BCUT2D eigenvalue weighted by molar-refractivity contribution is -0.134. The molecule has 20 heavy (non-hydrogen) atoms. The van der Waals surface area contributed by atoms with Crippen molar-refractivity contribution in [1.29, 1.82) is 0 Å². The monoisotopic (exact) mass is 285 g/mol. The van der Waals surface area contributed by atoms with Gasteiger partial charge in [0.05, 0.1) is 12.5 Å². The molecule has 1 aliphatic rings. The van der Waals surface area contributed by atoms with Gasteiger partial charge in [-0.15, -0.1) is 0 Å². The first-order valence-electron chi connectivity index (χ1n) is 6.42. The average molecular weight is 285 g/mol. The van der Waals surface area contributed by atoms with Crippen molar-refractivity contribution in [3.63, 3.8) is 0 Å². The van der Waals surface area contributed by atoms with Gasteiger partial charge in [-0.1, -0.05) is 12.1 Å². The lowest BCUT2D eigenvalue weighted by atomic mass is 10.1. The largest absolute Gasteiger partial charge is 0.435 e. The van der Waals surface area contributed by atoms with E-state index in [-0.39, 0.29) is 17.6 Å². The predicted molar refractivity (Wildman–Crippen MR) is 68.5 cm³/mol. The van der Waals surface area contributed by atoms with Crippen LogP contribution in [-0.4, -0.2) is 37.7 Å². The molecule has 0 spiro atoms. The van der Waals surface area contributed by atoms with Gasteiger partial charge in [-0.25, -0.2) is 0 Å². The molecule has 0 saturated carbocycles. The van der Waals surface area contributed by atoms with E-state index in [0.717, 1.165) is 12.0 Å². The first kappa shape index (κ1) is 14.7. The fourth-order valence-electron chi connectivity index (χ4n) is 2.21. The van der Waals surface area contributed by atoms with E-state index in [1.165, 1.54) is 12.1 Å². The number of carbonyl (C=O) groups excluding carboxylic acids is 1. The molecule has 6 heteroatoms. The minimum atomic E-state index is -2.85. The Labute approximate surface area is 116 Å². The quantitative estimate of drug-likeness (QED) is 0.833. The normalized spacial score (nSPS) is 18.3. The minimum absolute atomic E-state index is 0.0164. The number of alkyl halides is 2. The number of hydrogen-bond donors (Lipinski definition) is 0. The highest BCUT2D eigenvalue weighted by atomic mass is 19.3. The van der Waals surface area contributed by atoms with E-state index >= 15 is 0 Å². The highest BCUT2D eigenvalue weighted by Crippen LogP contribution is 2.19. The van der Waals surface area contributed by atoms with Crippen LogP contribution in [0.3, 0.4) is 0 Å². The van der Waals surface area contributed by atoms with Crippen LogP contribution < -0.4 is 4.74 Å². The standard InChI is InChI=1S/C14H17F2NO3/c1-17(13(18)11-5-6-19-9-11)8-10-3-2-4-12(7-10)20-14(15)16/h2-4,7,11,14H,5-6,8-9H2,1H3/t11-/m0/s1. The molecule has 0 aliphatic carbocycles. The Balaban J connectivity index is 1.96. The van der Waals surface area contributed by atoms with Crippen LogP contribution >= 0.6 is 0 Å². The number of rotatable bonds is 5. The van der Waals surface area contributed by atoms with E-state index in [4.69, 9.17) is 4.74 Å². The molecule has 1 fully saturated rings. The fraction of sp³-hybridized carbons (Fsp3) is 0.500. The van der Waals surface area contributed by atoms with Crippen LogP contribution in [0, 0.1) is 5.92 Å². The summed E-state index contributed by atoms with van der Waals surface area (Å²) < 4.78 is 33.8. The molecule has 0 N–H and O–H groups in total. The molecule has 0 radical (unpaired) electrons. The van der Waals surface area contributed by atoms with Crippen LogP contribution in [0.2, 0.25) is 0 Å². The first-order valence-corrected chi connectivity index (χ1v) is 6.42. The van der Waals surface area contributed by atoms with E-state index in [1.807, 2.05) is 0 Å². The fourth-order valence-corrected chi connectivity index (χ4v) is 2.21. The smallest absolute Gasteiger partial charge is 0.387 e. The maximum Gasteiger partial charge on any atom is 0.387 e. The second-order valence-corrected chi connectivity index (χ2v) is 4.78. The summed E-state index contributed by atoms with van der Waals surface area (Å²) in [6.07, 6.45) is 0.734. The molecular formula is C14H17F2NO3. The number of halogens is 2. The molecule has 1 aliphatic heterocycles. The lowest BCUT2D eigenvalue weighted by Gasteiger charge is -2.20. The zero-order valence-corrected chi connectivity index (χ0v) is 11.2. The Kier molecular flexibility index (Phi) is 4.89. The molecule has 1 aromatic rings. The zero-order chi connectivity index (χ0) is 14.5. The van der Waals surface area contributed by atoms with Crippen molar-refractivity contribution >= 4 is 5.91 Å². The van der Waals surface area contributed by atoms with Crippen LogP contribution in [0.4, 0.5) is 8.78 Å². The van der Waals surface area contributed by atoms with Gasteiger partial charge in [-0.3, -0.25) is 4.79 Å². The van der Waals surface area contributed by atoms with Crippen LogP contribution in [-0.2, 0) is 16.1 Å². The Bertz CT molecular complexity index is 461. The molecule has 2 rings (SSSR count). The highest BCUT2D eigenvalue weighted by Gasteiger charge is 2.26. The summed E-state index contributed by atoms with van der Waals surface area (Å²) in [6, 6.07) is 6.38. The van der Waals surface area contributed by atoms with E-state index in [0.29, 0.717) is 19.8 Å². The summed E-state index contributed by atoms with van der Waals surface area (Å²) in [7, 11) is 1.70. The maximum absolute atomic E-state index is 12.1. The van der Waals surface area contributed by atoms with E-state index in [9.17, 15) is 13.6 Å². The second-order valence-electron chi connectivity index (χ2n) is 4.78. The van der Waals surface area contributed by atoms with Gasteiger partial charge in [0, 0.05) is 20.2 Å². The van der Waals surface area contributed by atoms with Crippen molar-refractivity contribution < 1.29 is 23.0 Å². The van der Waals surface area contributed by atoms with Gasteiger partial charge in [0.2, 0.25) is 5.91 Å². The number of hydrogen-bond acceptors (Lipinski definition) is 3. The number of carbonyl (C=O) groups is 1. The van der Waals surface area contributed by atoms with Crippen molar-refractivity contribution in [3.05, 3.63) is 29.8 Å². The molecule has 0 unspecified atom stereocenters. The van der Waals surface area contributed by atoms with Gasteiger partial charge in [-0.2, -0.15) is 8.78 Å². The van der Waals surface area contributed by atoms with Crippen molar-refractivity contribution in [3.8, 4) is 5.75 Å². The Morgan fingerprint density at radius 3 is 3.00 bits per heavy atom. The molecule has 1 atom stereocenters. The van der Waals surface area contributed by atoms with Crippen molar-refractivity contribution in [2.45, 2.75) is 19.6 Å². The van der Waals surface area contributed by atoms with Gasteiger partial charge in [0.15, 0.2) is 0 Å². The van der Waals surface area contributed by atoms with Gasteiger partial charge in [0.25, 0.3) is 0 Å². The summed E-state index contributed by atoms with van der Waals surface area (Å²) >= 11 is 0. The van der Waals surface area contributed by atoms with E-state index in [2.05, 4.69) is 4.74 Å². The summed E-state index contributed by atoms with van der Waals surface area (Å²) in [5.41, 5.74) is 0.748. The van der Waals surface area contributed by atoms with Crippen LogP contribution in [0.15, 0.2) is 24.3 Å². The minimum Gasteiger partial charge on any atom is -0.435 e. The number of amides is 1. The third-order valence-corrected chi connectivity index (χ3v) is 3.20.